The summed E-state index contributed by atoms with van der Waals surface area (Å²) in [5, 5.41) is 35.1. The highest BCUT2D eigenvalue weighted by Gasteiger charge is 2.36. The summed E-state index contributed by atoms with van der Waals surface area (Å²) in [5.41, 5.74) is 8.09. The molecule has 4 N–H and O–H groups in total. The number of hydrogen-bond donors (Lipinski definition) is 4. The Hall–Kier alpha value is -9.81. The molecular formula is C67H75N9O19. The predicted octanol–water partition coefficient (Wildman–Crippen LogP) is 9.03. The number of carbonyl (C=O) groups is 7. The largest absolute Gasteiger partial charge is 0.490 e. The van der Waals surface area contributed by atoms with Crippen LogP contribution in [-0.2, 0) is 59.2 Å². The maximum Gasteiger partial charge on any atom is 0.442 e. The molecule has 0 fully saturated rings. The van der Waals surface area contributed by atoms with E-state index < -0.39 is 47.7 Å². The lowest BCUT2D eigenvalue weighted by Crippen LogP contribution is -2.52. The van der Waals surface area contributed by atoms with Crippen molar-refractivity contribution in [2.75, 3.05) is 51.4 Å². The van der Waals surface area contributed by atoms with Gasteiger partial charge in [-0.1, -0.05) is 88.1 Å². The Morgan fingerprint density at radius 2 is 1.12 bits per heavy atom. The first-order valence-corrected chi connectivity index (χ1v) is 31.4. The lowest BCUT2D eigenvalue weighted by atomic mass is 10.0. The Balaban J connectivity index is 0.667. The van der Waals surface area contributed by atoms with Crippen LogP contribution in [0.1, 0.15) is 122 Å². The quantitative estimate of drug-likeness (QED) is 0.0247. The average Bonchev–Trinajstić information content (AvgIpc) is 1.68. The van der Waals surface area contributed by atoms with Crippen LogP contribution in [0.4, 0.5) is 21.9 Å². The SMILES string of the molecule is C=C(Nc1ccc(C2=CN3C(=O)c4cc5c(cc4N=C[C@@H]3C2)OCCCOc2cc3c(cc2OCCCCCCCCO5)C(=O)N2C=C(c4ccc(C)cc4)C[C@H]2C=N3)cc1)[C@H](C)NC(=O)[C@@H](NC(=O)OOOOOOOOCCNC(=O)CCN1C(=O)C=CC1=O)C(C)C. The number of hydrogen-bond acceptors (Lipinski definition) is 22. The smallest absolute Gasteiger partial charge is 0.442 e. The molecule has 7 amide bonds. The van der Waals surface area contributed by atoms with Crippen molar-refractivity contribution in [1.29, 1.82) is 0 Å². The van der Waals surface area contributed by atoms with E-state index in [2.05, 4.69) is 99.0 Å². The fraction of sp³-hybridized carbons (Fsp3) is 0.388. The van der Waals surface area contributed by atoms with Gasteiger partial charge < -0.3 is 50.0 Å². The Kier molecular flexibility index (Phi) is 23.5. The van der Waals surface area contributed by atoms with E-state index in [1.807, 2.05) is 42.9 Å². The number of aliphatic imine (C=N–C) groups is 2. The van der Waals surface area contributed by atoms with Crippen molar-refractivity contribution in [1.82, 2.24) is 30.7 Å². The molecule has 0 saturated heterocycles. The lowest BCUT2D eigenvalue weighted by Gasteiger charge is -2.24. The topological polar surface area (TPSA) is 313 Å². The van der Waals surface area contributed by atoms with Gasteiger partial charge in [0.25, 0.3) is 23.6 Å². The summed E-state index contributed by atoms with van der Waals surface area (Å²) in [6.45, 7) is 12.3. The Labute approximate surface area is 547 Å². The number of anilines is 1. The maximum atomic E-state index is 14.5. The van der Waals surface area contributed by atoms with Crippen LogP contribution in [0.5, 0.6) is 23.0 Å². The van der Waals surface area contributed by atoms with Gasteiger partial charge in [-0.3, -0.25) is 43.7 Å². The van der Waals surface area contributed by atoms with E-state index in [4.69, 9.17) is 28.9 Å². The molecule has 502 valence electrons. The number of ether oxygens (including phenoxy) is 4. The summed E-state index contributed by atoms with van der Waals surface area (Å²) in [4.78, 5) is 112. The second-order valence-corrected chi connectivity index (χ2v) is 23.4. The van der Waals surface area contributed by atoms with Gasteiger partial charge in [-0.25, -0.2) is 14.6 Å². The summed E-state index contributed by atoms with van der Waals surface area (Å²) >= 11 is 0. The van der Waals surface area contributed by atoms with Crippen LogP contribution < -0.4 is 40.2 Å². The number of benzene rings is 4. The minimum absolute atomic E-state index is 0.0433. The van der Waals surface area contributed by atoms with Gasteiger partial charge in [0, 0.05) is 114 Å². The van der Waals surface area contributed by atoms with Crippen molar-refractivity contribution in [3.63, 3.8) is 0 Å². The molecule has 95 heavy (non-hydrogen) atoms. The molecule has 0 aromatic heterocycles. The Bertz CT molecular complexity index is 3630. The molecule has 0 aliphatic carbocycles. The zero-order valence-corrected chi connectivity index (χ0v) is 53.0. The molecular weight excluding hydrogens is 1230 g/mol. The minimum Gasteiger partial charge on any atom is -0.490 e. The number of amides is 7. The normalized spacial score (nSPS) is 18.6. The van der Waals surface area contributed by atoms with E-state index in [0.717, 1.165) is 77.8 Å². The standard InChI is InChI=1S/C67H75N9O19/c1-41(2)63(73-67(83)89-91-93-95-94-92-90-88-30-24-68-60(77)23-25-74-61(78)21-22-62(74)79)64(80)72-44(5)43(4)71-49-19-17-46(18-20-49)48-32-51-38-70-55-36-59-57(34-53(55)66(82)76(51)40-48)85-27-11-9-7-6-8-10-26-84-56-33-52-54(35-58(56)86-28-12-29-87-59)69-37-50-31-47(39-75(50)65(52)81)45-15-13-42(3)14-16-45/h13-22,33-41,44,50-51,63,71H,4,6-12,23-32H2,1-3,5H3,(H,68,77)(H,72,80)(H,73,83)/t44-,50-,51-,63-/m0/s1. The summed E-state index contributed by atoms with van der Waals surface area (Å²) in [5.74, 6) is -0.913. The maximum absolute atomic E-state index is 14.5. The first-order valence-electron chi connectivity index (χ1n) is 31.4. The summed E-state index contributed by atoms with van der Waals surface area (Å²) in [7, 11) is 0. The fourth-order valence-corrected chi connectivity index (χ4v) is 11.0. The third-order valence-corrected chi connectivity index (χ3v) is 16.2. The first-order chi connectivity index (χ1) is 46.1. The molecule has 28 heteroatoms. The number of aryl methyl sites for hydroxylation is 1. The van der Waals surface area contributed by atoms with Crippen molar-refractivity contribution < 1.29 is 92.5 Å². The molecule has 0 bridgehead atoms. The molecule has 28 nitrogen and oxygen atoms in total. The number of rotatable bonds is 22. The van der Waals surface area contributed by atoms with Crippen LogP contribution in [0.25, 0.3) is 11.1 Å². The van der Waals surface area contributed by atoms with Crippen molar-refractivity contribution >= 4 is 82.2 Å². The number of imide groups is 1. The van der Waals surface area contributed by atoms with Gasteiger partial charge >= 0.3 is 6.09 Å². The third-order valence-electron chi connectivity index (χ3n) is 16.2. The highest BCUT2D eigenvalue weighted by atomic mass is 17.9. The highest BCUT2D eigenvalue weighted by molar-refractivity contribution is 6.13. The Morgan fingerprint density at radius 3 is 1.66 bits per heavy atom. The van der Waals surface area contributed by atoms with E-state index in [9.17, 15) is 33.6 Å². The van der Waals surface area contributed by atoms with Crippen molar-refractivity contribution in [2.24, 2.45) is 15.9 Å². The second kappa shape index (κ2) is 32.8. The number of carbonyl (C=O) groups excluding carboxylic acids is 7. The van der Waals surface area contributed by atoms with Crippen molar-refractivity contribution in [2.45, 2.75) is 116 Å². The highest BCUT2D eigenvalue weighted by Crippen LogP contribution is 2.43. The van der Waals surface area contributed by atoms with Crippen LogP contribution in [0, 0.1) is 12.8 Å². The van der Waals surface area contributed by atoms with Gasteiger partial charge in [0.15, 0.2) is 23.0 Å². The number of nitrogens with zero attached hydrogens (tertiary/aromatic N) is 5. The number of nitrogens with one attached hydrogen (secondary N) is 4. The molecule has 0 radical (unpaired) electrons. The lowest BCUT2D eigenvalue weighted by molar-refractivity contribution is -0.809. The van der Waals surface area contributed by atoms with Crippen LogP contribution in [0.3, 0.4) is 0 Å². The van der Waals surface area contributed by atoms with E-state index in [0.29, 0.717) is 89.4 Å². The molecule has 6 aliphatic heterocycles. The molecule has 4 aromatic carbocycles. The average molecular weight is 1310 g/mol. The molecule has 10 rings (SSSR count). The monoisotopic (exact) mass is 1310 g/mol. The van der Waals surface area contributed by atoms with Crippen LogP contribution >= 0.6 is 0 Å². The first kappa shape index (κ1) is 68.1. The summed E-state index contributed by atoms with van der Waals surface area (Å²) < 4.78 is 25.5. The molecule has 6 aliphatic rings. The zero-order chi connectivity index (χ0) is 66.8. The molecule has 6 heterocycles. The predicted molar refractivity (Wildman–Crippen MR) is 341 cm³/mol. The molecule has 0 saturated carbocycles. The van der Waals surface area contributed by atoms with Gasteiger partial charge in [-0.15, -0.1) is 0 Å². The second-order valence-electron chi connectivity index (χ2n) is 23.4. The summed E-state index contributed by atoms with van der Waals surface area (Å²) in [6.07, 6.45) is 15.5. The van der Waals surface area contributed by atoms with E-state index >= 15 is 0 Å². The molecule has 0 spiro atoms. The van der Waals surface area contributed by atoms with Crippen LogP contribution in [-0.4, -0.2) is 139 Å². The molecule has 4 atom stereocenters. The van der Waals surface area contributed by atoms with Gasteiger partial charge in [-0.05, 0) is 94.3 Å². The van der Waals surface area contributed by atoms with Gasteiger partial charge in [0.2, 0.25) is 11.8 Å². The molecule has 0 unspecified atom stereocenters. The van der Waals surface area contributed by atoms with Gasteiger partial charge in [-0.2, -0.15) is 0 Å². The van der Waals surface area contributed by atoms with Crippen molar-refractivity contribution in [3.05, 3.63) is 137 Å². The van der Waals surface area contributed by atoms with Crippen molar-refractivity contribution in [3.8, 4) is 23.0 Å². The Morgan fingerprint density at radius 1 is 0.621 bits per heavy atom. The van der Waals surface area contributed by atoms with Crippen LogP contribution in [0.2, 0.25) is 0 Å². The van der Waals surface area contributed by atoms with Crippen LogP contribution in [0.15, 0.2) is 120 Å². The van der Waals surface area contributed by atoms with E-state index in [1.165, 1.54) is 5.56 Å². The zero-order valence-electron chi connectivity index (χ0n) is 53.0. The summed E-state index contributed by atoms with van der Waals surface area (Å²) in [6, 6.07) is 20.6. The van der Waals surface area contributed by atoms with E-state index in [1.54, 1.807) is 61.1 Å². The molecule has 4 aromatic rings. The van der Waals surface area contributed by atoms with E-state index in [-0.39, 0.29) is 63.2 Å². The fourth-order valence-electron chi connectivity index (χ4n) is 11.0. The number of fused-ring (bicyclic) bond motifs is 6. The third kappa shape index (κ3) is 18.1. The van der Waals surface area contributed by atoms with Gasteiger partial charge in [0.1, 0.15) is 12.6 Å². The van der Waals surface area contributed by atoms with Gasteiger partial charge in [0.05, 0.1) is 67.1 Å². The minimum atomic E-state index is -1.24.